The van der Waals surface area contributed by atoms with Crippen LogP contribution in [0.5, 0.6) is 0 Å². The van der Waals surface area contributed by atoms with Crippen molar-refractivity contribution in [1.29, 1.82) is 0 Å². The number of aliphatic hydroxyl groups is 1. The van der Waals surface area contributed by atoms with E-state index in [9.17, 15) is 5.11 Å². The van der Waals surface area contributed by atoms with Gasteiger partial charge in [0.2, 0.25) is 0 Å². The van der Waals surface area contributed by atoms with E-state index in [0.29, 0.717) is 6.42 Å². The number of hydrogen-bond donors (Lipinski definition) is 1. The van der Waals surface area contributed by atoms with Gasteiger partial charge in [-0.05, 0) is 50.6 Å². The predicted molar refractivity (Wildman–Crippen MR) is 106 cm³/mol. The zero-order chi connectivity index (χ0) is 17.9. The van der Waals surface area contributed by atoms with Crippen molar-refractivity contribution < 1.29 is 5.11 Å². The first-order valence-corrected chi connectivity index (χ1v) is 9.16. The van der Waals surface area contributed by atoms with Gasteiger partial charge >= 0.3 is 0 Å². The summed E-state index contributed by atoms with van der Waals surface area (Å²) in [7, 11) is 4.18. The summed E-state index contributed by atoms with van der Waals surface area (Å²) in [5, 5.41) is 11.8. The molecule has 0 bridgehead atoms. The van der Waals surface area contributed by atoms with Crippen molar-refractivity contribution in [3.63, 3.8) is 0 Å². The quantitative estimate of drug-likeness (QED) is 0.879. The zero-order valence-electron chi connectivity index (χ0n) is 15.6. The molecule has 2 aromatic carbocycles. The summed E-state index contributed by atoms with van der Waals surface area (Å²) >= 11 is 0. The molecule has 0 amide bonds. The maximum atomic E-state index is 11.8. The first-order valence-electron chi connectivity index (χ1n) is 9.16. The summed E-state index contributed by atoms with van der Waals surface area (Å²) in [5.41, 5.74) is 4.04. The Balaban J connectivity index is 1.95. The van der Waals surface area contributed by atoms with Crippen LogP contribution in [0, 0.1) is 12.8 Å². The molecule has 0 heterocycles. The van der Waals surface area contributed by atoms with Crippen molar-refractivity contribution in [1.82, 2.24) is 4.90 Å². The standard InChI is InChI=1S/C23H29NO/c1-18-8-7-11-20(14-18)16-23(25)21(12-13-22(23)17-24(2)3)15-19-9-5-4-6-10-19/h4-11,14-15,22,25H,12-13,16-17H2,1-3H3/b21-15-. The van der Waals surface area contributed by atoms with E-state index >= 15 is 0 Å². The zero-order valence-corrected chi connectivity index (χ0v) is 15.6. The Morgan fingerprint density at radius 2 is 1.88 bits per heavy atom. The molecule has 25 heavy (non-hydrogen) atoms. The number of nitrogens with zero attached hydrogens (tertiary/aromatic N) is 1. The van der Waals surface area contributed by atoms with E-state index in [1.807, 2.05) is 6.07 Å². The van der Waals surface area contributed by atoms with Crippen LogP contribution in [0.2, 0.25) is 0 Å². The second-order valence-corrected chi connectivity index (χ2v) is 7.67. The Hall–Kier alpha value is -1.90. The summed E-state index contributed by atoms with van der Waals surface area (Å²) in [6.07, 6.45) is 4.90. The molecular weight excluding hydrogens is 306 g/mol. The van der Waals surface area contributed by atoms with Gasteiger partial charge in [-0.3, -0.25) is 0 Å². The molecular formula is C23H29NO. The molecule has 1 aliphatic rings. The van der Waals surface area contributed by atoms with Gasteiger partial charge in [0.25, 0.3) is 0 Å². The van der Waals surface area contributed by atoms with E-state index in [1.54, 1.807) is 0 Å². The minimum Gasteiger partial charge on any atom is -0.385 e. The second kappa shape index (κ2) is 7.55. The number of aryl methyl sites for hydroxylation is 1. The van der Waals surface area contributed by atoms with Crippen molar-refractivity contribution in [3.05, 3.63) is 76.9 Å². The van der Waals surface area contributed by atoms with Crippen LogP contribution in [0.4, 0.5) is 0 Å². The molecule has 3 rings (SSSR count). The number of benzene rings is 2. The van der Waals surface area contributed by atoms with Crippen LogP contribution in [0.25, 0.3) is 6.08 Å². The lowest BCUT2D eigenvalue weighted by Crippen LogP contribution is -2.42. The first-order chi connectivity index (χ1) is 12.0. The molecule has 2 aromatic rings. The lowest BCUT2D eigenvalue weighted by Gasteiger charge is -2.34. The van der Waals surface area contributed by atoms with Crippen molar-refractivity contribution >= 4 is 6.08 Å². The van der Waals surface area contributed by atoms with Crippen LogP contribution in [-0.2, 0) is 6.42 Å². The minimum absolute atomic E-state index is 0.262. The van der Waals surface area contributed by atoms with Gasteiger partial charge in [-0.1, -0.05) is 66.2 Å². The van der Waals surface area contributed by atoms with Crippen molar-refractivity contribution in [2.24, 2.45) is 5.92 Å². The SMILES string of the molecule is Cc1cccc(CC2(O)/C(=C\c3ccccc3)CCC2CN(C)C)c1. The van der Waals surface area contributed by atoms with Gasteiger partial charge in [0, 0.05) is 18.9 Å². The molecule has 0 spiro atoms. The first kappa shape index (κ1) is 17.9. The van der Waals surface area contributed by atoms with Gasteiger partial charge in [0.15, 0.2) is 0 Å². The van der Waals surface area contributed by atoms with Crippen LogP contribution in [-0.4, -0.2) is 36.2 Å². The molecule has 0 aliphatic heterocycles. The van der Waals surface area contributed by atoms with Gasteiger partial charge in [-0.25, -0.2) is 0 Å². The Bertz CT molecular complexity index is 735. The Morgan fingerprint density at radius 3 is 2.56 bits per heavy atom. The summed E-state index contributed by atoms with van der Waals surface area (Å²) in [6, 6.07) is 18.9. The van der Waals surface area contributed by atoms with Crippen LogP contribution >= 0.6 is 0 Å². The molecule has 2 nitrogen and oxygen atoms in total. The van der Waals surface area contributed by atoms with Gasteiger partial charge in [-0.2, -0.15) is 0 Å². The van der Waals surface area contributed by atoms with Crippen LogP contribution < -0.4 is 0 Å². The highest BCUT2D eigenvalue weighted by Crippen LogP contribution is 2.43. The third-order valence-electron chi connectivity index (χ3n) is 5.28. The average Bonchev–Trinajstić information content (AvgIpc) is 2.84. The molecule has 1 aliphatic carbocycles. The van der Waals surface area contributed by atoms with Crippen LogP contribution in [0.15, 0.2) is 60.2 Å². The maximum absolute atomic E-state index is 11.8. The summed E-state index contributed by atoms with van der Waals surface area (Å²) in [4.78, 5) is 2.19. The normalized spacial score (nSPS) is 25.0. The molecule has 1 N–H and O–H groups in total. The van der Waals surface area contributed by atoms with E-state index in [0.717, 1.165) is 19.4 Å². The molecule has 0 aromatic heterocycles. The van der Waals surface area contributed by atoms with Gasteiger partial charge < -0.3 is 10.0 Å². The highest BCUT2D eigenvalue weighted by molar-refractivity contribution is 5.56. The Labute approximate surface area is 151 Å². The monoisotopic (exact) mass is 335 g/mol. The molecule has 0 saturated heterocycles. The molecule has 2 atom stereocenters. The molecule has 1 fully saturated rings. The van der Waals surface area contributed by atoms with Crippen molar-refractivity contribution in [2.45, 2.75) is 31.8 Å². The molecule has 2 heteroatoms. The van der Waals surface area contributed by atoms with Crippen LogP contribution in [0.1, 0.15) is 29.5 Å². The summed E-state index contributed by atoms with van der Waals surface area (Å²) < 4.78 is 0. The highest BCUT2D eigenvalue weighted by Gasteiger charge is 2.45. The van der Waals surface area contributed by atoms with Gasteiger partial charge in [0.05, 0.1) is 5.60 Å². The molecule has 2 unspecified atom stereocenters. The van der Waals surface area contributed by atoms with Crippen molar-refractivity contribution in [2.75, 3.05) is 20.6 Å². The van der Waals surface area contributed by atoms with E-state index < -0.39 is 5.60 Å². The fraction of sp³-hybridized carbons (Fsp3) is 0.391. The lowest BCUT2D eigenvalue weighted by molar-refractivity contribution is 0.0257. The predicted octanol–water partition coefficient (Wildman–Crippen LogP) is 4.32. The minimum atomic E-state index is -0.770. The van der Waals surface area contributed by atoms with Gasteiger partial charge in [0.1, 0.15) is 0 Å². The third kappa shape index (κ3) is 4.20. The summed E-state index contributed by atoms with van der Waals surface area (Å²) in [6.45, 7) is 3.02. The number of rotatable bonds is 5. The summed E-state index contributed by atoms with van der Waals surface area (Å²) in [5.74, 6) is 0.262. The van der Waals surface area contributed by atoms with E-state index in [4.69, 9.17) is 0 Å². The van der Waals surface area contributed by atoms with E-state index in [-0.39, 0.29) is 5.92 Å². The molecule has 0 radical (unpaired) electrons. The number of hydrogen-bond acceptors (Lipinski definition) is 2. The second-order valence-electron chi connectivity index (χ2n) is 7.67. The average molecular weight is 335 g/mol. The highest BCUT2D eigenvalue weighted by atomic mass is 16.3. The van der Waals surface area contributed by atoms with Crippen molar-refractivity contribution in [3.8, 4) is 0 Å². The van der Waals surface area contributed by atoms with E-state index in [2.05, 4.69) is 80.5 Å². The topological polar surface area (TPSA) is 23.5 Å². The largest absolute Gasteiger partial charge is 0.385 e. The van der Waals surface area contributed by atoms with Gasteiger partial charge in [-0.15, -0.1) is 0 Å². The third-order valence-corrected chi connectivity index (χ3v) is 5.28. The fourth-order valence-corrected chi connectivity index (χ4v) is 4.07. The van der Waals surface area contributed by atoms with E-state index in [1.165, 1.54) is 22.3 Å². The molecule has 1 saturated carbocycles. The molecule has 132 valence electrons. The lowest BCUT2D eigenvalue weighted by atomic mass is 9.81. The fourth-order valence-electron chi connectivity index (χ4n) is 4.07. The Kier molecular flexibility index (Phi) is 5.41. The maximum Gasteiger partial charge on any atom is 0.0940 e. The smallest absolute Gasteiger partial charge is 0.0940 e. The Morgan fingerprint density at radius 1 is 1.12 bits per heavy atom. The van der Waals surface area contributed by atoms with Crippen LogP contribution in [0.3, 0.4) is 0 Å².